The summed E-state index contributed by atoms with van der Waals surface area (Å²) in [6.45, 7) is 5.01. The summed E-state index contributed by atoms with van der Waals surface area (Å²) in [5.41, 5.74) is 21.0. The number of nitrogen functional groups attached to an aromatic ring is 2. The molecule has 2 saturated heterocycles. The largest absolute Gasteiger partial charge is 0.399 e. The molecule has 6 heterocycles. The van der Waals surface area contributed by atoms with E-state index in [1.165, 1.54) is 171 Å². The van der Waals surface area contributed by atoms with E-state index in [1.54, 1.807) is 36.2 Å². The summed E-state index contributed by atoms with van der Waals surface area (Å²) in [4.78, 5) is 74.5. The minimum absolute atomic E-state index is 0. The zero-order valence-electron chi connectivity index (χ0n) is 72.9. The molecule has 0 amide bonds. The topological polar surface area (TPSA) is 214 Å². The summed E-state index contributed by atoms with van der Waals surface area (Å²) in [7, 11) is 0. The zero-order valence-corrected chi connectivity index (χ0v) is 72.9. The van der Waals surface area contributed by atoms with Crippen LogP contribution in [-0.2, 0) is 13.1 Å². The normalized spacial score (nSPS) is 39.8. The molecule has 18 aliphatic rings. The number of hydrogen-bond acceptors (Lipinski definition) is 12. The van der Waals surface area contributed by atoms with Crippen LogP contribution >= 0.6 is 0 Å². The Labute approximate surface area is 749 Å². The number of benzene rings is 8. The van der Waals surface area contributed by atoms with Gasteiger partial charge < -0.3 is 11.5 Å². The van der Waals surface area contributed by atoms with E-state index in [0.29, 0.717) is 95.5 Å². The first kappa shape index (κ1) is 78.1. The van der Waals surface area contributed by atoms with Gasteiger partial charge in [-0.2, -0.15) is 0 Å². The average Bonchev–Trinajstić information content (AvgIpc) is 0.642. The molecular weight excluding hydrogens is 1580 g/mol. The summed E-state index contributed by atoms with van der Waals surface area (Å²) in [5.74, 6) is 29.2. The smallest absolute Gasteiger partial charge is 0.276 e. The van der Waals surface area contributed by atoms with Gasteiger partial charge >= 0.3 is 0 Å². The van der Waals surface area contributed by atoms with Gasteiger partial charge in [-0.05, 0) is 393 Å². The van der Waals surface area contributed by atoms with Gasteiger partial charge in [0.25, 0.3) is 22.5 Å². The highest BCUT2D eigenvalue weighted by atomic mass is 16.6. The van der Waals surface area contributed by atoms with Crippen LogP contribution in [0.4, 0.5) is 22.7 Å². The van der Waals surface area contributed by atoms with Gasteiger partial charge in [0.2, 0.25) is 0 Å². The number of hydrogen-bond donors (Lipinski definition) is 2. The Balaban J connectivity index is 0.00000414. The van der Waals surface area contributed by atoms with Gasteiger partial charge in [-0.15, -0.1) is 0 Å². The van der Waals surface area contributed by atoms with Crippen LogP contribution in [0.5, 0.6) is 0 Å². The minimum atomic E-state index is -0.421. The predicted octanol–water partition coefficient (Wildman–Crippen LogP) is 24.2. The molecule has 0 radical (unpaired) electrons. The first-order valence-corrected chi connectivity index (χ1v) is 51.3. The number of nitrogens with two attached hydrogens (primary N) is 2. The van der Waals surface area contributed by atoms with Crippen molar-refractivity contribution in [2.24, 2.45) is 189 Å². The van der Waals surface area contributed by atoms with Gasteiger partial charge in [-0.1, -0.05) is 103 Å². The number of pyridine rings is 2. The average molecular weight is 1710 g/mol. The molecule has 16 saturated carbocycles. The number of likely N-dealkylation sites (tertiary alicyclic amines) is 2. The number of nitrogens with zero attached hydrogens (tertiary/aromatic N) is 8. The van der Waals surface area contributed by atoms with E-state index < -0.39 is 4.92 Å². The van der Waals surface area contributed by atoms with E-state index in [9.17, 15) is 20.2 Å². The Hall–Kier alpha value is -8.60. The van der Waals surface area contributed by atoms with E-state index in [2.05, 4.69) is 40.1 Å². The lowest BCUT2D eigenvalue weighted by molar-refractivity contribution is -0.385. The first-order chi connectivity index (χ1) is 61.8. The van der Waals surface area contributed by atoms with Crippen LogP contribution < -0.4 is 22.6 Å². The molecule has 0 bridgehead atoms. The molecule has 16 heteroatoms. The maximum Gasteiger partial charge on any atom is 0.276 e. The van der Waals surface area contributed by atoms with Crippen LogP contribution in [0.25, 0.3) is 109 Å². The molecule has 8 aromatic carbocycles. The quantitative estimate of drug-likeness (QED) is 0.0501. The van der Waals surface area contributed by atoms with Gasteiger partial charge in [-0.3, -0.25) is 48.4 Å². The molecular formula is C112H128N10O6. The molecule has 662 valence electrons. The van der Waals surface area contributed by atoms with Crippen molar-refractivity contribution in [2.45, 2.75) is 208 Å². The van der Waals surface area contributed by atoms with Crippen LogP contribution in [0.1, 0.15) is 206 Å². The van der Waals surface area contributed by atoms with Gasteiger partial charge in [-0.25, -0.2) is 9.97 Å². The Kier molecular flexibility index (Phi) is 17.1. The van der Waals surface area contributed by atoms with Gasteiger partial charge in [0, 0.05) is 117 Å². The second-order valence-corrected chi connectivity index (χ2v) is 46.8. The fourth-order valence-electron chi connectivity index (χ4n) is 40.8. The molecule has 18 fully saturated rings. The van der Waals surface area contributed by atoms with E-state index in [4.69, 9.17) is 21.4 Å². The number of fused-ring (bicyclic) bond motifs is 14. The molecule has 12 aromatic rings. The molecule has 0 spiro atoms. The molecule has 4 N–H and O–H groups in total. The fraction of sp³-hybridized carbons (Fsp3) is 0.607. The highest BCUT2D eigenvalue weighted by molar-refractivity contribution is 6.25. The number of nitro groups is 2. The Morgan fingerprint density at radius 3 is 1.08 bits per heavy atom. The minimum Gasteiger partial charge on any atom is -0.399 e. The number of non-ortho nitro benzene ring substituents is 1. The van der Waals surface area contributed by atoms with Crippen molar-refractivity contribution < 1.29 is 9.85 Å². The van der Waals surface area contributed by atoms with Crippen molar-refractivity contribution in [2.75, 3.05) is 37.6 Å². The van der Waals surface area contributed by atoms with Crippen molar-refractivity contribution in [1.29, 1.82) is 0 Å². The molecule has 128 heavy (non-hydrogen) atoms. The van der Waals surface area contributed by atoms with E-state index in [-0.39, 0.29) is 54.5 Å². The maximum atomic E-state index is 15.9. The summed E-state index contributed by atoms with van der Waals surface area (Å²) in [6, 6.07) is 30.6. The van der Waals surface area contributed by atoms with Crippen LogP contribution in [0.2, 0.25) is 0 Å². The van der Waals surface area contributed by atoms with E-state index in [0.717, 1.165) is 253 Å². The monoisotopic (exact) mass is 1710 g/mol. The van der Waals surface area contributed by atoms with Crippen molar-refractivity contribution >= 4 is 121 Å². The highest BCUT2D eigenvalue weighted by Gasteiger charge is 2.70. The standard InChI is InChI=1S/C110H120N10O6.2CH4/c111-57-39-83-85(49-115-45-53-19-23-67-75-33-29-71-63-11-1-7-51-8-2-12-64(95(51)63)72-30-34-76(103(75)101(71)72)68-24-20-54(46-115)93(53)99(67)68)87(112)43-88-105(83)91(40-57)117-107(113-88)79-37-27-59(61-15-5-17-81(97(61)79)109(117)121)60-28-38-80-98-62(60)16-6-18-82(98)110(122)118-92-42-58(119(123)124)41-84-86(90(120(125)126)44-89(106(84)92)114-108(80)118)50-116-47-55-21-25-69-77-35-31-73-65-13-3-9-52-10-4-14-66(96(52)65)74-32-36-78(104(77)102(73)74)70-26-22-56(48-116)94(55)100(69)70;;/h5-6,15-18,27-28,37-44,51-56,63-78,93-96,99-104H,1-4,7-14,19-26,29-36,45-50,111-112H2;2*1H4. The lowest BCUT2D eigenvalue weighted by Gasteiger charge is -2.71. The molecule has 2 aliphatic heterocycles. The summed E-state index contributed by atoms with van der Waals surface area (Å²) < 4.78 is 3.33. The lowest BCUT2D eigenvalue weighted by Crippen LogP contribution is -2.66. The molecule has 4 aromatic heterocycles. The van der Waals surface area contributed by atoms with Crippen LogP contribution in [0, 0.1) is 210 Å². The molecule has 20 unspecified atom stereocenters. The Morgan fingerprint density at radius 2 is 0.680 bits per heavy atom. The van der Waals surface area contributed by atoms with Crippen molar-refractivity contribution in [3.63, 3.8) is 0 Å². The number of piperidine rings is 2. The number of nitro benzene ring substituents is 2. The zero-order chi connectivity index (χ0) is 82.9. The van der Waals surface area contributed by atoms with Gasteiger partial charge in [0.15, 0.2) is 0 Å². The van der Waals surface area contributed by atoms with Crippen LogP contribution in [0.3, 0.4) is 0 Å². The predicted molar refractivity (Wildman–Crippen MR) is 511 cm³/mol. The Morgan fingerprint density at radius 1 is 0.328 bits per heavy atom. The molecule has 30 rings (SSSR count). The number of anilines is 2. The third-order valence-electron chi connectivity index (χ3n) is 43.5. The summed E-state index contributed by atoms with van der Waals surface area (Å²) in [5, 5.41) is 35.6. The molecule has 16 aliphatic carbocycles. The van der Waals surface area contributed by atoms with Gasteiger partial charge in [0.1, 0.15) is 11.3 Å². The third kappa shape index (κ3) is 10.3. The second kappa shape index (κ2) is 28.0. The highest BCUT2D eigenvalue weighted by Crippen LogP contribution is 2.76. The van der Waals surface area contributed by atoms with Crippen molar-refractivity contribution in [3.05, 3.63) is 149 Å². The van der Waals surface area contributed by atoms with Crippen LogP contribution in [0.15, 0.2) is 107 Å². The lowest BCUT2D eigenvalue weighted by atomic mass is 9.34. The summed E-state index contributed by atoms with van der Waals surface area (Å²) in [6.07, 6.45) is 41.0. The summed E-state index contributed by atoms with van der Waals surface area (Å²) >= 11 is 0. The van der Waals surface area contributed by atoms with Crippen molar-refractivity contribution in [1.82, 2.24) is 28.6 Å². The number of aromatic nitrogens is 4. The molecule has 20 atom stereocenters. The SMILES string of the molecule is C.C.Nc1cc2c(CN3CC4CCC5C6CCC7C8CCCC9CCCC(C%10CCC(C%11CCC(C3)C4C5%11)C6C7%10)C98)c(N)cc3nc4c5ccc(-c6ccc7c8c6cccc8c(=O)n6c8cc([N+](=O)[O-])cc9c(CN%10CC%11CCC%12C%13CCC%14C%15CCCC%16CCCC(C%17CCC(C%18CCC(C%10)C%11C%12%18)C%13C%14%17)C%16%15)c([N+](=O)[O-])cc(nc76)c98)c6cccc(c(=O)n4c(c1)c32)c65. The maximum absolute atomic E-state index is 15.9. The molecule has 16 nitrogen and oxygen atoms in total. The van der Waals surface area contributed by atoms with Crippen molar-refractivity contribution in [3.8, 4) is 11.1 Å². The second-order valence-electron chi connectivity index (χ2n) is 46.8. The third-order valence-corrected chi connectivity index (χ3v) is 43.5. The fourth-order valence-corrected chi connectivity index (χ4v) is 40.8. The number of rotatable bonds is 7. The Bertz CT molecular complexity index is 6750. The van der Waals surface area contributed by atoms with E-state index in [1.807, 2.05) is 48.5 Å². The van der Waals surface area contributed by atoms with Gasteiger partial charge in [0.05, 0.1) is 37.5 Å². The van der Waals surface area contributed by atoms with Crippen LogP contribution in [-0.4, -0.2) is 64.6 Å². The first-order valence-electron chi connectivity index (χ1n) is 51.3. The van der Waals surface area contributed by atoms with E-state index >= 15 is 9.59 Å².